The first kappa shape index (κ1) is 25.2. The molecule has 0 bridgehead atoms. The Hall–Kier alpha value is -4.44. The van der Waals surface area contributed by atoms with Crippen LogP contribution < -0.4 is 10.5 Å². The number of nitrogens with two attached hydrogens (primary N) is 1. The van der Waals surface area contributed by atoms with Crippen molar-refractivity contribution in [2.75, 3.05) is 19.6 Å². The zero-order chi connectivity index (χ0) is 26.6. The molecular formula is C28H30N6O4. The molecule has 0 aliphatic carbocycles. The number of piperidine rings is 1. The van der Waals surface area contributed by atoms with Gasteiger partial charge in [-0.25, -0.2) is 9.67 Å². The number of aliphatic carboxylic acids is 1. The lowest BCUT2D eigenvalue weighted by Crippen LogP contribution is -2.40. The third-order valence-corrected chi connectivity index (χ3v) is 6.82. The second-order valence-electron chi connectivity index (χ2n) is 9.33. The summed E-state index contributed by atoms with van der Waals surface area (Å²) in [6.07, 6.45) is 3.90. The van der Waals surface area contributed by atoms with Gasteiger partial charge in [-0.3, -0.25) is 9.59 Å². The van der Waals surface area contributed by atoms with Crippen LogP contribution in [0.25, 0.3) is 11.3 Å². The summed E-state index contributed by atoms with van der Waals surface area (Å²) in [5.74, 6) is 1.04. The zero-order valence-corrected chi connectivity index (χ0v) is 20.9. The highest BCUT2D eigenvalue weighted by Crippen LogP contribution is 2.41. The van der Waals surface area contributed by atoms with Crippen molar-refractivity contribution in [2.45, 2.75) is 31.5 Å². The van der Waals surface area contributed by atoms with Crippen molar-refractivity contribution >= 4 is 24.0 Å². The summed E-state index contributed by atoms with van der Waals surface area (Å²) in [5.41, 5.74) is 8.90. The van der Waals surface area contributed by atoms with Gasteiger partial charge in [0.15, 0.2) is 5.82 Å². The van der Waals surface area contributed by atoms with Crippen molar-refractivity contribution in [1.82, 2.24) is 19.6 Å². The second kappa shape index (κ2) is 10.9. The van der Waals surface area contributed by atoms with E-state index in [1.807, 2.05) is 59.3 Å². The highest BCUT2D eigenvalue weighted by molar-refractivity contribution is 5.87. The lowest BCUT2D eigenvalue weighted by Gasteiger charge is -2.33. The first-order valence-electron chi connectivity index (χ1n) is 12.6. The molecule has 2 aliphatic rings. The Balaban J connectivity index is 1.50. The van der Waals surface area contributed by atoms with Crippen molar-refractivity contribution < 1.29 is 19.4 Å². The fraction of sp³-hybridized carbons (Fsp3) is 0.286. The molecule has 0 radical (unpaired) electrons. The largest absolute Gasteiger partial charge is 0.481 e. The minimum Gasteiger partial charge on any atom is -0.481 e. The molecule has 10 nitrogen and oxygen atoms in total. The van der Waals surface area contributed by atoms with E-state index < -0.39 is 12.1 Å². The second-order valence-corrected chi connectivity index (χ2v) is 9.33. The number of hydrogen-bond donors (Lipinski definition) is 2. The van der Waals surface area contributed by atoms with Gasteiger partial charge in [-0.2, -0.15) is 5.10 Å². The van der Waals surface area contributed by atoms with E-state index in [1.165, 1.54) is 6.08 Å². The van der Waals surface area contributed by atoms with E-state index >= 15 is 0 Å². The Morgan fingerprint density at radius 3 is 2.58 bits per heavy atom. The molecule has 10 heteroatoms. The van der Waals surface area contributed by atoms with Gasteiger partial charge >= 0.3 is 5.97 Å². The van der Waals surface area contributed by atoms with Gasteiger partial charge in [-0.1, -0.05) is 24.8 Å². The molecule has 196 valence electrons. The van der Waals surface area contributed by atoms with Gasteiger partial charge in [-0.05, 0) is 55.3 Å². The molecule has 2 aromatic carbocycles. The minimum absolute atomic E-state index is 0.0642. The van der Waals surface area contributed by atoms with Gasteiger partial charge in [0.05, 0.1) is 24.4 Å². The highest BCUT2D eigenvalue weighted by atomic mass is 16.5. The number of para-hydroxylation sites is 1. The van der Waals surface area contributed by atoms with Gasteiger partial charge in [0, 0.05) is 25.2 Å². The number of carboxylic acids is 1. The van der Waals surface area contributed by atoms with Crippen LogP contribution in [0.3, 0.4) is 0 Å². The van der Waals surface area contributed by atoms with Gasteiger partial charge in [0.2, 0.25) is 5.91 Å². The molecule has 1 fully saturated rings. The van der Waals surface area contributed by atoms with Crippen molar-refractivity contribution in [3.8, 4) is 22.8 Å². The van der Waals surface area contributed by atoms with Crippen LogP contribution in [0.5, 0.6) is 11.5 Å². The summed E-state index contributed by atoms with van der Waals surface area (Å²) in [7, 11) is 0. The van der Waals surface area contributed by atoms with Gasteiger partial charge in [-0.15, -0.1) is 0 Å². The van der Waals surface area contributed by atoms with E-state index in [0.29, 0.717) is 30.4 Å². The summed E-state index contributed by atoms with van der Waals surface area (Å²) in [6.45, 7) is 5.01. The molecule has 0 spiro atoms. The minimum atomic E-state index is -0.907. The van der Waals surface area contributed by atoms with Crippen LogP contribution in [-0.2, 0) is 9.59 Å². The van der Waals surface area contributed by atoms with E-state index in [-0.39, 0.29) is 24.9 Å². The number of fused-ring (bicyclic) bond motifs is 1. The number of carboxylic acid groups (broad SMARTS) is 1. The monoisotopic (exact) mass is 514 g/mol. The van der Waals surface area contributed by atoms with Crippen molar-refractivity contribution in [2.24, 2.45) is 10.7 Å². The number of aliphatic imine (C=N–C) groups is 1. The van der Waals surface area contributed by atoms with Crippen molar-refractivity contribution in [3.63, 3.8) is 0 Å². The Labute approximate surface area is 220 Å². The van der Waals surface area contributed by atoms with Crippen LogP contribution in [0.1, 0.15) is 37.0 Å². The number of ether oxygens (including phenoxy) is 1. The summed E-state index contributed by atoms with van der Waals surface area (Å²) in [5, 5.41) is 14.1. The van der Waals surface area contributed by atoms with Crippen LogP contribution in [0, 0.1) is 0 Å². The average Bonchev–Trinajstić information content (AvgIpc) is 3.34. The molecule has 1 unspecified atom stereocenters. The lowest BCUT2D eigenvalue weighted by molar-refractivity contribution is -0.137. The predicted octanol–water partition coefficient (Wildman–Crippen LogP) is 4.10. The van der Waals surface area contributed by atoms with Crippen molar-refractivity contribution in [1.29, 1.82) is 0 Å². The fourth-order valence-electron chi connectivity index (χ4n) is 4.88. The molecular weight excluding hydrogens is 484 g/mol. The molecule has 3 heterocycles. The number of aromatic nitrogens is 2. The van der Waals surface area contributed by atoms with Crippen LogP contribution in [0.15, 0.2) is 72.2 Å². The van der Waals surface area contributed by atoms with Crippen molar-refractivity contribution in [3.05, 3.63) is 72.8 Å². The maximum atomic E-state index is 12.3. The van der Waals surface area contributed by atoms with Crippen LogP contribution in [-0.4, -0.2) is 62.5 Å². The number of nitrogens with zero attached hydrogens (tertiary/aromatic N) is 5. The molecule has 3 N–H and O–H groups in total. The molecule has 1 saturated heterocycles. The van der Waals surface area contributed by atoms with Crippen LogP contribution in [0.2, 0.25) is 0 Å². The maximum Gasteiger partial charge on any atom is 0.305 e. The Bertz CT molecular complexity index is 1350. The van der Waals surface area contributed by atoms with E-state index in [2.05, 4.69) is 11.6 Å². The normalized spacial score (nSPS) is 18.7. The number of amides is 1. The number of carbonyl (C=O) groups excluding carboxylic acids is 1. The topological polar surface area (TPSA) is 126 Å². The summed E-state index contributed by atoms with van der Waals surface area (Å²) < 4.78 is 7.80. The smallest absolute Gasteiger partial charge is 0.305 e. The third-order valence-electron chi connectivity index (χ3n) is 6.82. The highest BCUT2D eigenvalue weighted by Gasteiger charge is 2.34. The predicted molar refractivity (Wildman–Crippen MR) is 143 cm³/mol. The molecule has 2 aliphatic heterocycles. The van der Waals surface area contributed by atoms with Crippen LogP contribution >= 0.6 is 0 Å². The molecule has 1 aromatic heterocycles. The standard InChI is InChI=1S/C28H30N6O4/c1-2-23(35)32-15-6-7-20(17-32)34-28-25(27(29)33(18-30-28)16-14-24(36)37)26(31-34)19-10-12-22(13-11-19)38-21-8-4-3-5-9-21/h2-5,8-13,18,20,27H,1,6-7,14-17,29H2,(H,36,37)/t20?,27-/m1/s1. The first-order valence-corrected chi connectivity index (χ1v) is 12.6. The molecule has 0 saturated carbocycles. The SMILES string of the molecule is C=CC(=O)N1CCCC(n2nc(-c3ccc(Oc4ccccc4)cc3)c3c2N=CN(CCC(=O)O)[C@H]3N)C1. The average molecular weight is 515 g/mol. The Morgan fingerprint density at radius 2 is 1.87 bits per heavy atom. The third kappa shape index (κ3) is 5.16. The zero-order valence-electron chi connectivity index (χ0n) is 20.9. The number of rotatable bonds is 8. The molecule has 2 atom stereocenters. The fourth-order valence-corrected chi connectivity index (χ4v) is 4.88. The van der Waals surface area contributed by atoms with Gasteiger partial charge in [0.25, 0.3) is 0 Å². The molecule has 1 amide bonds. The summed E-state index contributed by atoms with van der Waals surface area (Å²) >= 11 is 0. The quantitative estimate of drug-likeness (QED) is 0.434. The molecule has 5 rings (SSSR count). The van der Waals surface area contributed by atoms with E-state index in [4.69, 9.17) is 15.6 Å². The maximum absolute atomic E-state index is 12.3. The molecule has 3 aromatic rings. The van der Waals surface area contributed by atoms with E-state index in [9.17, 15) is 14.7 Å². The number of likely N-dealkylation sites (tertiary alicyclic amines) is 1. The number of benzene rings is 2. The van der Waals surface area contributed by atoms with Crippen LogP contribution in [0.4, 0.5) is 5.82 Å². The van der Waals surface area contributed by atoms with Gasteiger partial charge in [0.1, 0.15) is 23.4 Å². The van der Waals surface area contributed by atoms with Gasteiger partial charge < -0.3 is 25.4 Å². The lowest BCUT2D eigenvalue weighted by atomic mass is 10.0. The molecule has 38 heavy (non-hydrogen) atoms. The summed E-state index contributed by atoms with van der Waals surface area (Å²) in [4.78, 5) is 31.7. The summed E-state index contributed by atoms with van der Waals surface area (Å²) in [6, 6.07) is 17.0. The number of carbonyl (C=O) groups is 2. The van der Waals surface area contributed by atoms with E-state index in [0.717, 1.165) is 29.7 Å². The Kier molecular flexibility index (Phi) is 7.23. The van der Waals surface area contributed by atoms with E-state index in [1.54, 1.807) is 16.1 Å². The first-order chi connectivity index (χ1) is 18.4. The number of hydrogen-bond acceptors (Lipinski definition) is 7. The Morgan fingerprint density at radius 1 is 1.13 bits per heavy atom.